The van der Waals surface area contributed by atoms with E-state index in [2.05, 4.69) is 5.32 Å². The molecule has 178 valence electrons. The predicted molar refractivity (Wildman–Crippen MR) is 128 cm³/mol. The van der Waals surface area contributed by atoms with Crippen molar-refractivity contribution in [1.82, 2.24) is 5.32 Å². The molecule has 35 heavy (non-hydrogen) atoms. The first kappa shape index (κ1) is 23.6. The summed E-state index contributed by atoms with van der Waals surface area (Å²) >= 11 is 0. The molecule has 8 heteroatoms. The van der Waals surface area contributed by atoms with E-state index in [9.17, 15) is 19.5 Å². The molecule has 0 aromatic heterocycles. The Morgan fingerprint density at radius 3 is 2.57 bits per heavy atom. The van der Waals surface area contributed by atoms with E-state index in [0.29, 0.717) is 22.8 Å². The van der Waals surface area contributed by atoms with Gasteiger partial charge in [0.25, 0.3) is 5.91 Å². The summed E-state index contributed by atoms with van der Waals surface area (Å²) in [4.78, 5) is 36.5. The van der Waals surface area contributed by atoms with Gasteiger partial charge in [0, 0.05) is 12.5 Å². The molecule has 1 heterocycles. The van der Waals surface area contributed by atoms with Gasteiger partial charge in [-0.2, -0.15) is 0 Å². The normalized spacial score (nSPS) is 14.1. The van der Waals surface area contributed by atoms with E-state index in [1.54, 1.807) is 61.7 Å². The van der Waals surface area contributed by atoms with Crippen LogP contribution in [0.25, 0.3) is 6.08 Å². The summed E-state index contributed by atoms with van der Waals surface area (Å²) in [6.45, 7) is -0.391. The van der Waals surface area contributed by atoms with Crippen LogP contribution in [0.2, 0.25) is 0 Å². The molecule has 0 saturated heterocycles. The van der Waals surface area contributed by atoms with Crippen LogP contribution in [-0.2, 0) is 16.0 Å². The lowest BCUT2D eigenvalue weighted by atomic mass is 10.1. The van der Waals surface area contributed by atoms with Gasteiger partial charge in [-0.05, 0) is 41.5 Å². The molecule has 0 unspecified atom stereocenters. The monoisotopic (exact) mass is 473 g/mol. The lowest BCUT2D eigenvalue weighted by molar-refractivity contribution is -0.142. The second-order valence-corrected chi connectivity index (χ2v) is 7.81. The second kappa shape index (κ2) is 10.6. The van der Waals surface area contributed by atoms with Crippen LogP contribution in [0, 0.1) is 0 Å². The van der Waals surface area contributed by atoms with Crippen molar-refractivity contribution in [2.45, 2.75) is 12.5 Å². The maximum atomic E-state index is 12.7. The van der Waals surface area contributed by atoms with Crippen LogP contribution in [-0.4, -0.2) is 42.5 Å². The van der Waals surface area contributed by atoms with Crippen LogP contribution in [0.1, 0.15) is 21.5 Å². The first-order valence-corrected chi connectivity index (χ1v) is 10.8. The SMILES string of the molecule is COc1cccc(C=C2Oc3cc(OCC(=O)N[C@H](Cc4ccccc4)C(=O)O)ccc3C2=O)c1. The maximum Gasteiger partial charge on any atom is 0.326 e. The summed E-state index contributed by atoms with van der Waals surface area (Å²) in [6.07, 6.45) is 1.77. The topological polar surface area (TPSA) is 111 Å². The summed E-state index contributed by atoms with van der Waals surface area (Å²) in [5.41, 5.74) is 1.92. The van der Waals surface area contributed by atoms with Gasteiger partial charge in [0.2, 0.25) is 5.78 Å². The number of benzene rings is 3. The van der Waals surface area contributed by atoms with E-state index in [-0.39, 0.29) is 18.0 Å². The number of allylic oxidation sites excluding steroid dienone is 1. The number of nitrogens with one attached hydrogen (secondary N) is 1. The molecule has 3 aromatic carbocycles. The number of carboxylic acids is 1. The third-order valence-corrected chi connectivity index (χ3v) is 5.32. The average molecular weight is 473 g/mol. The van der Waals surface area contributed by atoms with Crippen molar-refractivity contribution in [2.24, 2.45) is 0 Å². The fourth-order valence-electron chi connectivity index (χ4n) is 3.57. The molecular formula is C27H23NO7. The Bertz CT molecular complexity index is 1280. The summed E-state index contributed by atoms with van der Waals surface area (Å²) in [6, 6.07) is 19.8. The van der Waals surface area contributed by atoms with Crippen molar-refractivity contribution in [3.63, 3.8) is 0 Å². The summed E-state index contributed by atoms with van der Waals surface area (Å²) < 4.78 is 16.4. The Balaban J connectivity index is 1.38. The Labute approximate surface area is 201 Å². The van der Waals surface area contributed by atoms with Crippen LogP contribution in [0.3, 0.4) is 0 Å². The van der Waals surface area contributed by atoms with Gasteiger partial charge < -0.3 is 24.6 Å². The van der Waals surface area contributed by atoms with Gasteiger partial charge >= 0.3 is 5.97 Å². The van der Waals surface area contributed by atoms with Gasteiger partial charge in [-0.15, -0.1) is 0 Å². The molecule has 0 bridgehead atoms. The van der Waals surface area contributed by atoms with E-state index in [1.165, 1.54) is 6.07 Å². The van der Waals surface area contributed by atoms with Crippen LogP contribution in [0.4, 0.5) is 0 Å². The number of fused-ring (bicyclic) bond motifs is 1. The van der Waals surface area contributed by atoms with E-state index < -0.39 is 24.5 Å². The number of methoxy groups -OCH3 is 1. The minimum absolute atomic E-state index is 0.152. The molecule has 0 fully saturated rings. The van der Waals surface area contributed by atoms with E-state index in [0.717, 1.165) is 11.1 Å². The molecule has 0 radical (unpaired) electrons. The van der Waals surface area contributed by atoms with Crippen molar-refractivity contribution in [2.75, 3.05) is 13.7 Å². The maximum absolute atomic E-state index is 12.7. The third-order valence-electron chi connectivity index (χ3n) is 5.32. The fourth-order valence-corrected chi connectivity index (χ4v) is 3.57. The molecule has 4 rings (SSSR count). The zero-order valence-corrected chi connectivity index (χ0v) is 18.9. The number of ketones is 1. The number of aliphatic carboxylic acids is 1. The van der Waals surface area contributed by atoms with Crippen molar-refractivity contribution in [3.05, 3.63) is 95.2 Å². The summed E-state index contributed by atoms with van der Waals surface area (Å²) in [5.74, 6) is -0.541. The molecule has 1 aliphatic heterocycles. The molecule has 0 saturated carbocycles. The van der Waals surface area contributed by atoms with Gasteiger partial charge in [-0.3, -0.25) is 9.59 Å². The minimum Gasteiger partial charge on any atom is -0.497 e. The number of rotatable bonds is 9. The number of ether oxygens (including phenoxy) is 3. The highest BCUT2D eigenvalue weighted by Crippen LogP contribution is 2.35. The smallest absolute Gasteiger partial charge is 0.326 e. The average Bonchev–Trinajstić information content (AvgIpc) is 3.17. The number of amides is 1. The molecule has 0 aliphatic carbocycles. The first-order chi connectivity index (χ1) is 16.9. The standard InChI is InChI=1S/C27H23NO7/c1-33-19-9-5-8-18(12-19)14-24-26(30)21-11-10-20(15-23(21)35-24)34-16-25(29)28-22(27(31)32)13-17-6-3-2-4-7-17/h2-12,14-15,22H,13,16H2,1H3,(H,28,29)(H,31,32)/t22-/m1/s1. The van der Waals surface area contributed by atoms with Gasteiger partial charge in [0.1, 0.15) is 23.3 Å². The molecule has 8 nitrogen and oxygen atoms in total. The van der Waals surface area contributed by atoms with E-state index >= 15 is 0 Å². The Hall–Kier alpha value is -4.59. The van der Waals surface area contributed by atoms with Crippen molar-refractivity contribution in [3.8, 4) is 17.2 Å². The van der Waals surface area contributed by atoms with Crippen LogP contribution >= 0.6 is 0 Å². The van der Waals surface area contributed by atoms with Gasteiger partial charge in [-0.1, -0.05) is 42.5 Å². The number of Topliss-reactive ketones (excluding diaryl/α,β-unsaturated/α-hetero) is 1. The van der Waals surface area contributed by atoms with Crippen molar-refractivity contribution >= 4 is 23.7 Å². The summed E-state index contributed by atoms with van der Waals surface area (Å²) in [7, 11) is 1.56. The zero-order chi connectivity index (χ0) is 24.8. The van der Waals surface area contributed by atoms with Crippen molar-refractivity contribution < 1.29 is 33.7 Å². The fraction of sp³-hybridized carbons (Fsp3) is 0.148. The molecule has 1 aliphatic rings. The molecule has 1 amide bonds. The van der Waals surface area contributed by atoms with Crippen LogP contribution in [0.15, 0.2) is 78.6 Å². The first-order valence-electron chi connectivity index (χ1n) is 10.8. The Morgan fingerprint density at radius 1 is 1.03 bits per heavy atom. The number of carbonyl (C=O) groups is 3. The van der Waals surface area contributed by atoms with Crippen molar-refractivity contribution in [1.29, 1.82) is 0 Å². The van der Waals surface area contributed by atoms with E-state index in [4.69, 9.17) is 14.2 Å². The quantitative estimate of drug-likeness (QED) is 0.458. The highest BCUT2D eigenvalue weighted by Gasteiger charge is 2.28. The van der Waals surface area contributed by atoms with Gasteiger partial charge in [0.15, 0.2) is 12.4 Å². The minimum atomic E-state index is -1.14. The highest BCUT2D eigenvalue weighted by atomic mass is 16.5. The molecule has 2 N–H and O–H groups in total. The Kier molecular flexibility index (Phi) is 7.11. The molecule has 0 spiro atoms. The van der Waals surface area contributed by atoms with Gasteiger partial charge in [-0.25, -0.2) is 4.79 Å². The number of carboxylic acid groups (broad SMARTS) is 1. The lowest BCUT2D eigenvalue weighted by Gasteiger charge is -2.15. The van der Waals surface area contributed by atoms with Gasteiger partial charge in [0.05, 0.1) is 12.7 Å². The predicted octanol–water partition coefficient (Wildman–Crippen LogP) is 3.50. The molecule has 3 aromatic rings. The third kappa shape index (κ3) is 5.86. The number of hydrogen-bond donors (Lipinski definition) is 2. The van der Waals surface area contributed by atoms with Crippen LogP contribution < -0.4 is 19.5 Å². The van der Waals surface area contributed by atoms with E-state index in [1.807, 2.05) is 18.2 Å². The molecular weight excluding hydrogens is 450 g/mol. The summed E-state index contributed by atoms with van der Waals surface area (Å²) in [5, 5.41) is 11.9. The highest BCUT2D eigenvalue weighted by molar-refractivity contribution is 6.14. The van der Waals surface area contributed by atoms with Crippen LogP contribution in [0.5, 0.6) is 17.2 Å². The lowest BCUT2D eigenvalue weighted by Crippen LogP contribution is -2.44. The molecule has 1 atom stereocenters. The number of carbonyl (C=O) groups excluding carboxylic acids is 2. The second-order valence-electron chi connectivity index (χ2n) is 7.81. The number of hydrogen-bond acceptors (Lipinski definition) is 6. The largest absolute Gasteiger partial charge is 0.497 e. The Morgan fingerprint density at radius 2 is 1.83 bits per heavy atom. The zero-order valence-electron chi connectivity index (χ0n) is 18.9.